The van der Waals surface area contributed by atoms with E-state index in [4.69, 9.17) is 9.47 Å². The van der Waals surface area contributed by atoms with Crippen molar-refractivity contribution in [2.45, 2.75) is 19.4 Å². The maximum absolute atomic E-state index is 12.3. The number of hydrogen-bond donors (Lipinski definition) is 2. The monoisotopic (exact) mass is 378 g/mol. The van der Waals surface area contributed by atoms with Crippen LogP contribution in [0.1, 0.15) is 24.1 Å². The van der Waals surface area contributed by atoms with Gasteiger partial charge in [0.15, 0.2) is 0 Å². The van der Waals surface area contributed by atoms with Gasteiger partial charge in [0.1, 0.15) is 11.5 Å². The number of benzene rings is 3. The third-order valence-corrected chi connectivity index (χ3v) is 4.81. The first kappa shape index (κ1) is 19.5. The second kappa shape index (κ2) is 9.13. The molecule has 5 nitrogen and oxygen atoms in total. The first-order valence-electron chi connectivity index (χ1n) is 9.35. The molecule has 0 saturated carbocycles. The molecule has 2 N–H and O–H groups in total. The van der Waals surface area contributed by atoms with Crippen LogP contribution < -0.4 is 20.1 Å². The Balaban J connectivity index is 1.58. The van der Waals surface area contributed by atoms with Crippen molar-refractivity contribution in [3.05, 3.63) is 71.8 Å². The SMILES string of the molecule is COc1ccc(OC)c(C(C)NC(=O)NCCc2cccc3ccccc23)c1. The molecule has 3 aromatic rings. The van der Waals surface area contributed by atoms with E-state index in [1.165, 1.54) is 16.3 Å². The molecule has 0 spiro atoms. The molecule has 28 heavy (non-hydrogen) atoms. The highest BCUT2D eigenvalue weighted by molar-refractivity contribution is 5.85. The van der Waals surface area contributed by atoms with Crippen LogP contribution in [0.4, 0.5) is 4.79 Å². The van der Waals surface area contributed by atoms with Crippen LogP contribution in [-0.4, -0.2) is 26.8 Å². The van der Waals surface area contributed by atoms with E-state index in [2.05, 4.69) is 41.0 Å². The first-order chi connectivity index (χ1) is 13.6. The molecule has 1 unspecified atom stereocenters. The van der Waals surface area contributed by atoms with E-state index in [0.717, 1.165) is 17.7 Å². The Morgan fingerprint density at radius 3 is 2.57 bits per heavy atom. The van der Waals surface area contributed by atoms with Crippen LogP contribution in [0.25, 0.3) is 10.8 Å². The topological polar surface area (TPSA) is 59.6 Å². The number of rotatable bonds is 7. The van der Waals surface area contributed by atoms with E-state index in [0.29, 0.717) is 12.3 Å². The molecule has 146 valence electrons. The highest BCUT2D eigenvalue weighted by Gasteiger charge is 2.15. The summed E-state index contributed by atoms with van der Waals surface area (Å²) in [6, 6.07) is 19.7. The molecule has 3 aromatic carbocycles. The zero-order chi connectivity index (χ0) is 19.9. The molecule has 5 heteroatoms. The van der Waals surface area contributed by atoms with E-state index < -0.39 is 0 Å². The lowest BCUT2D eigenvalue weighted by molar-refractivity contribution is 0.238. The van der Waals surface area contributed by atoms with Crippen molar-refractivity contribution < 1.29 is 14.3 Å². The summed E-state index contributed by atoms with van der Waals surface area (Å²) in [4.78, 5) is 12.3. The smallest absolute Gasteiger partial charge is 0.315 e. The van der Waals surface area contributed by atoms with Crippen molar-refractivity contribution in [1.82, 2.24) is 10.6 Å². The van der Waals surface area contributed by atoms with Gasteiger partial charge >= 0.3 is 6.03 Å². The van der Waals surface area contributed by atoms with Gasteiger partial charge in [0, 0.05) is 12.1 Å². The maximum Gasteiger partial charge on any atom is 0.315 e. The van der Waals surface area contributed by atoms with Crippen molar-refractivity contribution in [3.63, 3.8) is 0 Å². The van der Waals surface area contributed by atoms with E-state index in [-0.39, 0.29) is 12.1 Å². The van der Waals surface area contributed by atoms with Crippen LogP contribution >= 0.6 is 0 Å². The lowest BCUT2D eigenvalue weighted by Crippen LogP contribution is -2.38. The minimum absolute atomic E-state index is 0.211. The van der Waals surface area contributed by atoms with Crippen LogP contribution in [0.2, 0.25) is 0 Å². The lowest BCUT2D eigenvalue weighted by Gasteiger charge is -2.18. The summed E-state index contributed by atoms with van der Waals surface area (Å²) < 4.78 is 10.7. The lowest BCUT2D eigenvalue weighted by atomic mass is 10.0. The van der Waals surface area contributed by atoms with Gasteiger partial charge in [-0.2, -0.15) is 0 Å². The average Bonchev–Trinajstić information content (AvgIpc) is 2.73. The number of amides is 2. The van der Waals surface area contributed by atoms with Gasteiger partial charge < -0.3 is 20.1 Å². The molecular formula is C23H26N2O3. The van der Waals surface area contributed by atoms with Crippen LogP contribution in [0.15, 0.2) is 60.7 Å². The fourth-order valence-corrected chi connectivity index (χ4v) is 3.32. The van der Waals surface area contributed by atoms with Crippen LogP contribution in [0, 0.1) is 0 Å². The Kier molecular flexibility index (Phi) is 6.37. The van der Waals surface area contributed by atoms with Gasteiger partial charge in [-0.05, 0) is 47.9 Å². The predicted molar refractivity (Wildman–Crippen MR) is 112 cm³/mol. The molecular weight excluding hydrogens is 352 g/mol. The Hall–Kier alpha value is -3.21. The first-order valence-corrected chi connectivity index (χ1v) is 9.35. The van der Waals surface area contributed by atoms with Crippen molar-refractivity contribution in [2.24, 2.45) is 0 Å². The number of hydrogen-bond acceptors (Lipinski definition) is 3. The zero-order valence-corrected chi connectivity index (χ0v) is 16.5. The molecule has 1 atom stereocenters. The Morgan fingerprint density at radius 2 is 1.79 bits per heavy atom. The Bertz CT molecular complexity index is 950. The van der Waals surface area contributed by atoms with Crippen molar-refractivity contribution in [2.75, 3.05) is 20.8 Å². The number of nitrogens with one attached hydrogen (secondary N) is 2. The van der Waals surface area contributed by atoms with Gasteiger partial charge in [-0.15, -0.1) is 0 Å². The second-order valence-corrected chi connectivity index (χ2v) is 6.62. The number of urea groups is 1. The molecule has 0 fully saturated rings. The normalized spacial score (nSPS) is 11.7. The molecule has 0 bridgehead atoms. The number of fused-ring (bicyclic) bond motifs is 1. The summed E-state index contributed by atoms with van der Waals surface area (Å²) in [5.41, 5.74) is 2.09. The molecule has 3 rings (SSSR count). The van der Waals surface area contributed by atoms with Crippen molar-refractivity contribution >= 4 is 16.8 Å². The van der Waals surface area contributed by atoms with Gasteiger partial charge in [0.25, 0.3) is 0 Å². The van der Waals surface area contributed by atoms with Gasteiger partial charge in [-0.25, -0.2) is 4.79 Å². The Labute approximate surface area is 165 Å². The molecule has 0 aliphatic rings. The van der Waals surface area contributed by atoms with Crippen LogP contribution in [-0.2, 0) is 6.42 Å². The molecule has 0 radical (unpaired) electrons. The highest BCUT2D eigenvalue weighted by atomic mass is 16.5. The van der Waals surface area contributed by atoms with Gasteiger partial charge in [0.2, 0.25) is 0 Å². The standard InChI is InChI=1S/C23H26N2O3/c1-16(21-15-19(27-2)11-12-22(21)28-3)25-23(26)24-14-13-18-9-6-8-17-7-4-5-10-20(17)18/h4-12,15-16H,13-14H2,1-3H3,(H2,24,25,26). The van der Waals surface area contributed by atoms with Gasteiger partial charge in [-0.3, -0.25) is 0 Å². The zero-order valence-electron chi connectivity index (χ0n) is 16.5. The summed E-state index contributed by atoms with van der Waals surface area (Å²) in [5.74, 6) is 1.44. The fraction of sp³-hybridized carbons (Fsp3) is 0.261. The van der Waals surface area contributed by atoms with E-state index in [1.54, 1.807) is 14.2 Å². The maximum atomic E-state index is 12.3. The molecule has 0 heterocycles. The number of methoxy groups -OCH3 is 2. The van der Waals surface area contributed by atoms with Crippen LogP contribution in [0.3, 0.4) is 0 Å². The predicted octanol–water partition coefficient (Wildman–Crippen LogP) is 4.46. The third kappa shape index (κ3) is 4.55. The summed E-state index contributed by atoms with van der Waals surface area (Å²) >= 11 is 0. The Morgan fingerprint density at radius 1 is 1.00 bits per heavy atom. The van der Waals surface area contributed by atoms with Crippen molar-refractivity contribution in [1.29, 1.82) is 0 Å². The summed E-state index contributed by atoms with van der Waals surface area (Å²) in [6.45, 7) is 2.48. The molecule has 0 aliphatic carbocycles. The third-order valence-electron chi connectivity index (χ3n) is 4.81. The number of ether oxygens (including phenoxy) is 2. The minimum atomic E-state index is -0.220. The van der Waals surface area contributed by atoms with Crippen LogP contribution in [0.5, 0.6) is 11.5 Å². The summed E-state index contributed by atoms with van der Waals surface area (Å²) in [7, 11) is 3.23. The molecule has 0 aliphatic heterocycles. The largest absolute Gasteiger partial charge is 0.497 e. The van der Waals surface area contributed by atoms with Gasteiger partial charge in [-0.1, -0.05) is 42.5 Å². The summed E-state index contributed by atoms with van der Waals surface area (Å²) in [6.07, 6.45) is 0.769. The number of carbonyl (C=O) groups is 1. The van der Waals surface area contributed by atoms with E-state index >= 15 is 0 Å². The molecule has 0 saturated heterocycles. The fourth-order valence-electron chi connectivity index (χ4n) is 3.32. The molecule has 2 amide bonds. The second-order valence-electron chi connectivity index (χ2n) is 6.62. The highest BCUT2D eigenvalue weighted by Crippen LogP contribution is 2.29. The number of carbonyl (C=O) groups excluding carboxylic acids is 1. The molecule has 0 aromatic heterocycles. The van der Waals surface area contributed by atoms with E-state index in [1.807, 2.05) is 37.3 Å². The van der Waals surface area contributed by atoms with Gasteiger partial charge in [0.05, 0.1) is 20.3 Å². The average molecular weight is 378 g/mol. The van der Waals surface area contributed by atoms with Crippen molar-refractivity contribution in [3.8, 4) is 11.5 Å². The summed E-state index contributed by atoms with van der Waals surface area (Å²) in [5, 5.41) is 8.34. The van der Waals surface area contributed by atoms with E-state index in [9.17, 15) is 4.79 Å². The minimum Gasteiger partial charge on any atom is -0.497 e. The quantitative estimate of drug-likeness (QED) is 0.638.